The molecule has 2 aromatic rings. The number of ether oxygens (including phenoxy) is 1. The van der Waals surface area contributed by atoms with Crippen LogP contribution in [0.5, 0.6) is 5.75 Å². The fraction of sp³-hybridized carbons (Fsp3) is 0.188. The standard InChI is InChI=1S/C16H15ClO2/c1-11-8-9-14(12(2)10-11)19-16(17)15(18)13-6-4-3-5-7-13/h3-10,16H,1-2H3. The number of carbonyl (C=O) groups is 1. The van der Waals surface area contributed by atoms with Gasteiger partial charge in [0.15, 0.2) is 0 Å². The van der Waals surface area contributed by atoms with Crippen LogP contribution < -0.4 is 4.74 Å². The number of Topliss-reactive ketones (excluding diaryl/α,β-unsaturated/α-hetero) is 1. The Kier molecular flexibility index (Phi) is 4.23. The van der Waals surface area contributed by atoms with Crippen LogP contribution in [0.25, 0.3) is 0 Å². The molecule has 0 saturated heterocycles. The molecule has 0 aromatic heterocycles. The average Bonchev–Trinajstić information content (AvgIpc) is 2.42. The lowest BCUT2D eigenvalue weighted by Gasteiger charge is -2.14. The van der Waals surface area contributed by atoms with Crippen molar-refractivity contribution in [1.29, 1.82) is 0 Å². The summed E-state index contributed by atoms with van der Waals surface area (Å²) in [6.07, 6.45) is 0. The summed E-state index contributed by atoms with van der Waals surface area (Å²) in [5.41, 5.74) is 1.65. The number of hydrogen-bond acceptors (Lipinski definition) is 2. The fourth-order valence-corrected chi connectivity index (χ4v) is 2.05. The Balaban J connectivity index is 2.13. The van der Waals surface area contributed by atoms with Crippen molar-refractivity contribution >= 4 is 17.4 Å². The minimum Gasteiger partial charge on any atom is -0.466 e. The molecule has 2 nitrogen and oxygen atoms in total. The Labute approximate surface area is 118 Å². The van der Waals surface area contributed by atoms with Crippen LogP contribution in [0, 0.1) is 13.8 Å². The van der Waals surface area contributed by atoms with Crippen molar-refractivity contribution in [3.8, 4) is 5.75 Å². The molecule has 0 spiro atoms. The van der Waals surface area contributed by atoms with E-state index in [0.717, 1.165) is 11.1 Å². The van der Waals surface area contributed by atoms with Gasteiger partial charge in [0.2, 0.25) is 11.3 Å². The first kappa shape index (κ1) is 13.6. The topological polar surface area (TPSA) is 26.3 Å². The van der Waals surface area contributed by atoms with Crippen molar-refractivity contribution in [3.63, 3.8) is 0 Å². The summed E-state index contributed by atoms with van der Waals surface area (Å²) in [5.74, 6) is 0.400. The Morgan fingerprint density at radius 1 is 1.11 bits per heavy atom. The van der Waals surface area contributed by atoms with Crippen molar-refractivity contribution < 1.29 is 9.53 Å². The number of halogens is 1. The Hall–Kier alpha value is -1.80. The van der Waals surface area contributed by atoms with Crippen LogP contribution in [0.1, 0.15) is 21.5 Å². The van der Waals surface area contributed by atoms with Crippen LogP contribution in [0.3, 0.4) is 0 Å². The monoisotopic (exact) mass is 274 g/mol. The second kappa shape index (κ2) is 5.89. The molecule has 1 unspecified atom stereocenters. The van der Waals surface area contributed by atoms with Crippen LogP contribution >= 0.6 is 11.6 Å². The molecule has 0 saturated carbocycles. The van der Waals surface area contributed by atoms with Gasteiger partial charge in [0.1, 0.15) is 5.75 Å². The van der Waals surface area contributed by atoms with E-state index < -0.39 is 5.56 Å². The first-order valence-corrected chi connectivity index (χ1v) is 6.49. The molecule has 0 N–H and O–H groups in total. The highest BCUT2D eigenvalue weighted by molar-refractivity contribution is 6.33. The van der Waals surface area contributed by atoms with Gasteiger partial charge in [-0.2, -0.15) is 0 Å². The molecule has 3 heteroatoms. The SMILES string of the molecule is Cc1ccc(OC(Cl)C(=O)c2ccccc2)c(C)c1. The fourth-order valence-electron chi connectivity index (χ4n) is 1.83. The van der Waals surface area contributed by atoms with Gasteiger partial charge in [-0.15, -0.1) is 0 Å². The molecule has 0 amide bonds. The molecule has 19 heavy (non-hydrogen) atoms. The summed E-state index contributed by atoms with van der Waals surface area (Å²) < 4.78 is 5.53. The van der Waals surface area contributed by atoms with E-state index in [1.165, 1.54) is 0 Å². The van der Waals surface area contributed by atoms with Gasteiger partial charge in [-0.25, -0.2) is 0 Å². The van der Waals surface area contributed by atoms with Crippen molar-refractivity contribution in [2.24, 2.45) is 0 Å². The number of rotatable bonds is 4. The quantitative estimate of drug-likeness (QED) is 0.619. The van der Waals surface area contributed by atoms with E-state index in [4.69, 9.17) is 16.3 Å². The molecule has 0 radical (unpaired) electrons. The summed E-state index contributed by atoms with van der Waals surface area (Å²) in [7, 11) is 0. The maximum absolute atomic E-state index is 12.1. The number of aryl methyl sites for hydroxylation is 2. The van der Waals surface area contributed by atoms with Gasteiger partial charge in [-0.05, 0) is 25.5 Å². The van der Waals surface area contributed by atoms with Gasteiger partial charge < -0.3 is 4.74 Å². The van der Waals surface area contributed by atoms with E-state index >= 15 is 0 Å². The van der Waals surface area contributed by atoms with Crippen molar-refractivity contribution in [2.75, 3.05) is 0 Å². The third kappa shape index (κ3) is 3.36. The van der Waals surface area contributed by atoms with Crippen molar-refractivity contribution in [2.45, 2.75) is 19.4 Å². The average molecular weight is 275 g/mol. The van der Waals surface area contributed by atoms with E-state index in [2.05, 4.69) is 0 Å². The summed E-state index contributed by atoms with van der Waals surface area (Å²) in [5, 5.41) is 0. The van der Waals surface area contributed by atoms with Crippen LogP contribution in [0.15, 0.2) is 48.5 Å². The highest BCUT2D eigenvalue weighted by Gasteiger charge is 2.19. The highest BCUT2D eigenvalue weighted by atomic mass is 35.5. The van der Waals surface area contributed by atoms with Crippen LogP contribution in [-0.2, 0) is 0 Å². The third-order valence-electron chi connectivity index (χ3n) is 2.83. The molecule has 2 rings (SSSR count). The van der Waals surface area contributed by atoms with E-state index in [0.29, 0.717) is 11.3 Å². The molecule has 0 aliphatic heterocycles. The lowest BCUT2D eigenvalue weighted by molar-refractivity contribution is 0.0884. The highest BCUT2D eigenvalue weighted by Crippen LogP contribution is 2.22. The molecule has 1 atom stereocenters. The summed E-state index contributed by atoms with van der Waals surface area (Å²) in [6, 6.07) is 14.7. The lowest BCUT2D eigenvalue weighted by Crippen LogP contribution is -2.21. The molecule has 2 aromatic carbocycles. The van der Waals surface area contributed by atoms with Crippen LogP contribution in [0.2, 0.25) is 0 Å². The predicted molar refractivity (Wildman–Crippen MR) is 77.0 cm³/mol. The Morgan fingerprint density at radius 3 is 2.42 bits per heavy atom. The van der Waals surface area contributed by atoms with Gasteiger partial charge >= 0.3 is 0 Å². The minimum absolute atomic E-state index is 0.234. The number of benzene rings is 2. The maximum Gasteiger partial charge on any atom is 0.234 e. The Morgan fingerprint density at radius 2 is 1.79 bits per heavy atom. The molecule has 0 bridgehead atoms. The third-order valence-corrected chi connectivity index (χ3v) is 3.11. The smallest absolute Gasteiger partial charge is 0.234 e. The van der Waals surface area contributed by atoms with E-state index in [-0.39, 0.29) is 5.78 Å². The van der Waals surface area contributed by atoms with E-state index in [1.54, 1.807) is 24.3 Å². The van der Waals surface area contributed by atoms with Gasteiger partial charge in [-0.3, -0.25) is 4.79 Å². The molecular weight excluding hydrogens is 260 g/mol. The van der Waals surface area contributed by atoms with Gasteiger partial charge in [0.25, 0.3) is 0 Å². The van der Waals surface area contributed by atoms with E-state index in [9.17, 15) is 4.79 Å². The number of alkyl halides is 1. The normalized spacial score (nSPS) is 11.9. The summed E-state index contributed by atoms with van der Waals surface area (Å²) in [6.45, 7) is 3.93. The van der Waals surface area contributed by atoms with Gasteiger partial charge in [0.05, 0.1) is 0 Å². The zero-order valence-electron chi connectivity index (χ0n) is 10.9. The second-order valence-corrected chi connectivity index (χ2v) is 4.83. The number of hydrogen-bond donors (Lipinski definition) is 0. The molecule has 0 aliphatic carbocycles. The predicted octanol–water partition coefficient (Wildman–Crippen LogP) is 4.13. The largest absolute Gasteiger partial charge is 0.466 e. The maximum atomic E-state index is 12.1. The minimum atomic E-state index is -1.01. The van der Waals surface area contributed by atoms with Crippen molar-refractivity contribution in [1.82, 2.24) is 0 Å². The molecule has 0 heterocycles. The van der Waals surface area contributed by atoms with Crippen molar-refractivity contribution in [3.05, 3.63) is 65.2 Å². The number of ketones is 1. The zero-order valence-corrected chi connectivity index (χ0v) is 11.6. The lowest BCUT2D eigenvalue weighted by atomic mass is 10.1. The van der Waals surface area contributed by atoms with Crippen LogP contribution in [-0.4, -0.2) is 11.3 Å². The summed E-state index contributed by atoms with van der Waals surface area (Å²) >= 11 is 6.04. The zero-order chi connectivity index (χ0) is 13.8. The molecule has 0 aliphatic rings. The molecule has 0 fully saturated rings. The Bertz CT molecular complexity index is 579. The molecule has 98 valence electrons. The first-order valence-electron chi connectivity index (χ1n) is 6.05. The first-order chi connectivity index (χ1) is 9.08. The van der Waals surface area contributed by atoms with Gasteiger partial charge in [0, 0.05) is 5.56 Å². The van der Waals surface area contributed by atoms with E-state index in [1.807, 2.05) is 38.1 Å². The summed E-state index contributed by atoms with van der Waals surface area (Å²) in [4.78, 5) is 12.1. The van der Waals surface area contributed by atoms with Gasteiger partial charge in [-0.1, -0.05) is 59.6 Å². The molecular formula is C16H15ClO2. The second-order valence-electron chi connectivity index (χ2n) is 4.43. The van der Waals surface area contributed by atoms with Crippen LogP contribution in [0.4, 0.5) is 0 Å². The number of carbonyl (C=O) groups excluding carboxylic acids is 1.